The Bertz CT molecular complexity index is 363. The predicted molar refractivity (Wildman–Crippen MR) is 74.6 cm³/mol. The number of anilines is 1. The van der Waals surface area contributed by atoms with Gasteiger partial charge in [0.15, 0.2) is 0 Å². The van der Waals surface area contributed by atoms with Crippen LogP contribution < -0.4 is 10.2 Å². The molecular formula is C14H24N4. The van der Waals surface area contributed by atoms with Crippen LogP contribution in [0.25, 0.3) is 0 Å². The fraction of sp³-hybridized carbons (Fsp3) is 0.714. The van der Waals surface area contributed by atoms with Crippen LogP contribution in [0, 0.1) is 5.92 Å². The van der Waals surface area contributed by atoms with Crippen molar-refractivity contribution in [1.29, 1.82) is 0 Å². The first-order valence-electron chi connectivity index (χ1n) is 6.99. The zero-order valence-electron chi connectivity index (χ0n) is 11.7. The predicted octanol–water partition coefficient (Wildman–Crippen LogP) is 2.21. The highest BCUT2D eigenvalue weighted by Crippen LogP contribution is 2.25. The molecule has 2 atom stereocenters. The summed E-state index contributed by atoms with van der Waals surface area (Å²) in [7, 11) is 0. The minimum Gasteiger partial charge on any atom is -0.353 e. The Morgan fingerprint density at radius 2 is 2.17 bits per heavy atom. The molecule has 0 bridgehead atoms. The molecule has 1 aromatic rings. The van der Waals surface area contributed by atoms with Crippen LogP contribution in [-0.2, 0) is 6.54 Å². The highest BCUT2D eigenvalue weighted by Gasteiger charge is 2.23. The Labute approximate surface area is 110 Å². The van der Waals surface area contributed by atoms with Gasteiger partial charge in [0.25, 0.3) is 0 Å². The van der Waals surface area contributed by atoms with Crippen molar-refractivity contribution in [3.63, 3.8) is 0 Å². The van der Waals surface area contributed by atoms with Crippen LogP contribution in [-0.4, -0.2) is 29.1 Å². The Morgan fingerprint density at radius 3 is 2.78 bits per heavy atom. The van der Waals surface area contributed by atoms with Crippen molar-refractivity contribution in [1.82, 2.24) is 15.3 Å². The van der Waals surface area contributed by atoms with Crippen LogP contribution in [0.4, 0.5) is 5.82 Å². The van der Waals surface area contributed by atoms with Gasteiger partial charge in [0.1, 0.15) is 5.82 Å². The Kier molecular flexibility index (Phi) is 4.53. The van der Waals surface area contributed by atoms with Gasteiger partial charge in [0.2, 0.25) is 0 Å². The van der Waals surface area contributed by atoms with E-state index < -0.39 is 0 Å². The molecule has 1 saturated heterocycles. The zero-order valence-corrected chi connectivity index (χ0v) is 11.7. The molecule has 0 aromatic carbocycles. The maximum absolute atomic E-state index is 4.55. The van der Waals surface area contributed by atoms with E-state index in [9.17, 15) is 0 Å². The van der Waals surface area contributed by atoms with Crippen LogP contribution in [0.3, 0.4) is 0 Å². The number of hydrogen-bond acceptors (Lipinski definition) is 4. The van der Waals surface area contributed by atoms with E-state index in [1.54, 1.807) is 0 Å². The van der Waals surface area contributed by atoms with Crippen LogP contribution in [0.5, 0.6) is 0 Å². The molecule has 1 N–H and O–H groups in total. The van der Waals surface area contributed by atoms with Gasteiger partial charge in [0, 0.05) is 19.1 Å². The number of nitrogens with one attached hydrogen (secondary N) is 1. The van der Waals surface area contributed by atoms with Crippen molar-refractivity contribution >= 4 is 5.82 Å². The van der Waals surface area contributed by atoms with Gasteiger partial charge in [-0.25, -0.2) is 4.98 Å². The molecule has 0 spiro atoms. The summed E-state index contributed by atoms with van der Waals surface area (Å²) in [6.45, 7) is 9.58. The molecule has 1 fully saturated rings. The summed E-state index contributed by atoms with van der Waals surface area (Å²) >= 11 is 0. The SMILES string of the molecule is CCNCc1cnc(N2CCC(C)CC2C)cn1. The van der Waals surface area contributed by atoms with E-state index in [1.807, 2.05) is 12.4 Å². The van der Waals surface area contributed by atoms with Gasteiger partial charge >= 0.3 is 0 Å². The lowest BCUT2D eigenvalue weighted by Crippen LogP contribution is -2.40. The second kappa shape index (κ2) is 6.14. The van der Waals surface area contributed by atoms with Gasteiger partial charge < -0.3 is 10.2 Å². The van der Waals surface area contributed by atoms with E-state index in [0.29, 0.717) is 6.04 Å². The molecule has 2 unspecified atom stereocenters. The first-order valence-corrected chi connectivity index (χ1v) is 6.99. The molecule has 1 aromatic heterocycles. The van der Waals surface area contributed by atoms with Crippen LogP contribution in [0.2, 0.25) is 0 Å². The van der Waals surface area contributed by atoms with Gasteiger partial charge in [-0.05, 0) is 32.2 Å². The summed E-state index contributed by atoms with van der Waals surface area (Å²) in [6, 6.07) is 0.572. The molecule has 1 aliphatic heterocycles. The first-order chi connectivity index (χ1) is 8.70. The largest absolute Gasteiger partial charge is 0.353 e. The lowest BCUT2D eigenvalue weighted by Gasteiger charge is -2.37. The van der Waals surface area contributed by atoms with Crippen LogP contribution >= 0.6 is 0 Å². The fourth-order valence-electron chi connectivity index (χ4n) is 2.59. The lowest BCUT2D eigenvalue weighted by molar-refractivity contribution is 0.375. The number of aromatic nitrogens is 2. The van der Waals surface area contributed by atoms with Crippen LogP contribution in [0.1, 0.15) is 39.3 Å². The van der Waals surface area contributed by atoms with Crippen molar-refractivity contribution in [2.45, 2.75) is 46.2 Å². The Balaban J connectivity index is 2.00. The summed E-state index contributed by atoms with van der Waals surface area (Å²) in [4.78, 5) is 11.4. The van der Waals surface area contributed by atoms with Crippen molar-refractivity contribution in [2.75, 3.05) is 18.0 Å². The number of hydrogen-bond donors (Lipinski definition) is 1. The van der Waals surface area contributed by atoms with E-state index in [-0.39, 0.29) is 0 Å². The van der Waals surface area contributed by atoms with Crippen molar-refractivity contribution in [3.8, 4) is 0 Å². The number of piperidine rings is 1. The van der Waals surface area contributed by atoms with Crippen molar-refractivity contribution in [2.24, 2.45) is 5.92 Å². The number of rotatable bonds is 4. The Hall–Kier alpha value is -1.16. The quantitative estimate of drug-likeness (QED) is 0.887. The third kappa shape index (κ3) is 3.19. The van der Waals surface area contributed by atoms with Crippen molar-refractivity contribution < 1.29 is 0 Å². The minimum absolute atomic E-state index is 0.572. The average Bonchev–Trinajstić information content (AvgIpc) is 2.37. The highest BCUT2D eigenvalue weighted by molar-refractivity contribution is 5.37. The maximum atomic E-state index is 4.55. The minimum atomic E-state index is 0.572. The molecule has 4 nitrogen and oxygen atoms in total. The molecule has 2 heterocycles. The number of nitrogens with zero attached hydrogens (tertiary/aromatic N) is 3. The summed E-state index contributed by atoms with van der Waals surface area (Å²) < 4.78 is 0. The van der Waals surface area contributed by atoms with Gasteiger partial charge in [0.05, 0.1) is 18.1 Å². The summed E-state index contributed by atoms with van der Waals surface area (Å²) in [6.07, 6.45) is 6.31. The molecule has 18 heavy (non-hydrogen) atoms. The smallest absolute Gasteiger partial charge is 0.147 e. The van der Waals surface area contributed by atoms with E-state index in [0.717, 1.165) is 37.1 Å². The summed E-state index contributed by atoms with van der Waals surface area (Å²) in [5.41, 5.74) is 1.01. The molecule has 4 heteroatoms. The molecule has 0 radical (unpaired) electrons. The molecule has 0 amide bonds. The fourth-order valence-corrected chi connectivity index (χ4v) is 2.59. The Morgan fingerprint density at radius 1 is 1.33 bits per heavy atom. The highest BCUT2D eigenvalue weighted by atomic mass is 15.2. The van der Waals surface area contributed by atoms with E-state index in [2.05, 4.69) is 41.0 Å². The summed E-state index contributed by atoms with van der Waals surface area (Å²) in [5, 5.41) is 3.26. The molecule has 100 valence electrons. The topological polar surface area (TPSA) is 41.1 Å². The van der Waals surface area contributed by atoms with Gasteiger partial charge in [-0.15, -0.1) is 0 Å². The van der Waals surface area contributed by atoms with Gasteiger partial charge in [-0.2, -0.15) is 0 Å². The monoisotopic (exact) mass is 248 g/mol. The standard InChI is InChI=1S/C14H24N4/c1-4-15-8-13-9-17-14(10-16-13)18-6-5-11(2)7-12(18)3/h9-12,15H,4-8H2,1-3H3. The molecular weight excluding hydrogens is 224 g/mol. The van der Waals surface area contributed by atoms with E-state index >= 15 is 0 Å². The second-order valence-corrected chi connectivity index (χ2v) is 5.32. The third-order valence-electron chi connectivity index (χ3n) is 3.68. The normalized spacial score (nSPS) is 24.3. The summed E-state index contributed by atoms with van der Waals surface area (Å²) in [5.74, 6) is 1.85. The van der Waals surface area contributed by atoms with Crippen LogP contribution in [0.15, 0.2) is 12.4 Å². The lowest BCUT2D eigenvalue weighted by atomic mass is 9.93. The molecule has 0 saturated carbocycles. The third-order valence-corrected chi connectivity index (χ3v) is 3.68. The molecule has 2 rings (SSSR count). The molecule has 0 aliphatic carbocycles. The maximum Gasteiger partial charge on any atom is 0.147 e. The van der Waals surface area contributed by atoms with Gasteiger partial charge in [-0.1, -0.05) is 13.8 Å². The second-order valence-electron chi connectivity index (χ2n) is 5.32. The zero-order chi connectivity index (χ0) is 13.0. The average molecular weight is 248 g/mol. The van der Waals surface area contributed by atoms with E-state index in [1.165, 1.54) is 12.8 Å². The van der Waals surface area contributed by atoms with E-state index in [4.69, 9.17) is 0 Å². The van der Waals surface area contributed by atoms with Gasteiger partial charge in [-0.3, -0.25) is 4.98 Å². The first kappa shape index (κ1) is 13.3. The molecule has 1 aliphatic rings. The van der Waals surface area contributed by atoms with Crippen molar-refractivity contribution in [3.05, 3.63) is 18.1 Å².